The summed E-state index contributed by atoms with van der Waals surface area (Å²) in [7, 11) is 0. The lowest BCUT2D eigenvalue weighted by Crippen LogP contribution is -2.39. The molecule has 0 bridgehead atoms. The van der Waals surface area contributed by atoms with E-state index in [4.69, 9.17) is 10.5 Å². The molecule has 108 valence electrons. The Morgan fingerprint density at radius 1 is 1.40 bits per heavy atom. The van der Waals surface area contributed by atoms with Crippen molar-refractivity contribution in [2.24, 2.45) is 5.41 Å². The lowest BCUT2D eigenvalue weighted by molar-refractivity contribution is -0.00858. The van der Waals surface area contributed by atoms with Crippen molar-refractivity contribution in [2.45, 2.75) is 12.8 Å². The number of aliphatic hydroxyl groups excluding tert-OH is 1. The predicted molar refractivity (Wildman–Crippen MR) is 82.1 cm³/mol. The molecule has 0 aliphatic carbocycles. The number of anilines is 2. The molecule has 0 atom stereocenters. The van der Waals surface area contributed by atoms with Crippen LogP contribution in [-0.4, -0.2) is 36.5 Å². The van der Waals surface area contributed by atoms with E-state index in [1.54, 1.807) is 11.3 Å². The van der Waals surface area contributed by atoms with Crippen molar-refractivity contribution in [3.8, 4) is 0 Å². The van der Waals surface area contributed by atoms with Crippen LogP contribution in [0.4, 0.5) is 10.8 Å². The normalized spacial score (nSPS) is 18.2. The maximum atomic E-state index is 9.67. The second-order valence-corrected chi connectivity index (χ2v) is 6.40. The predicted octanol–water partition coefficient (Wildman–Crippen LogP) is 2.08. The van der Waals surface area contributed by atoms with E-state index < -0.39 is 0 Å². The second-order valence-electron chi connectivity index (χ2n) is 5.37. The van der Waals surface area contributed by atoms with Gasteiger partial charge < -0.3 is 20.9 Å². The largest absolute Gasteiger partial charge is 0.399 e. The van der Waals surface area contributed by atoms with E-state index in [0.29, 0.717) is 0 Å². The van der Waals surface area contributed by atoms with Gasteiger partial charge in [0.2, 0.25) is 0 Å². The minimum absolute atomic E-state index is 0.0882. The van der Waals surface area contributed by atoms with Crippen LogP contribution < -0.4 is 11.1 Å². The molecule has 1 aromatic carbocycles. The summed E-state index contributed by atoms with van der Waals surface area (Å²) in [6.07, 6.45) is 1.77. The summed E-state index contributed by atoms with van der Waals surface area (Å²) in [4.78, 5) is 4.54. The van der Waals surface area contributed by atoms with Crippen molar-refractivity contribution in [1.29, 1.82) is 0 Å². The number of rotatable bonds is 4. The van der Waals surface area contributed by atoms with Crippen LogP contribution in [0.25, 0.3) is 10.2 Å². The van der Waals surface area contributed by atoms with Gasteiger partial charge in [-0.05, 0) is 31.0 Å². The highest BCUT2D eigenvalue weighted by atomic mass is 32.1. The minimum Gasteiger partial charge on any atom is -0.399 e. The molecule has 1 aliphatic rings. The van der Waals surface area contributed by atoms with Crippen LogP contribution in [0.15, 0.2) is 18.2 Å². The SMILES string of the molecule is Nc1ccc2nc(NCC3(CO)CCOCC3)sc2c1. The fourth-order valence-corrected chi connectivity index (χ4v) is 3.39. The van der Waals surface area contributed by atoms with E-state index in [-0.39, 0.29) is 12.0 Å². The number of hydrogen-bond donors (Lipinski definition) is 3. The molecule has 0 radical (unpaired) electrons. The molecule has 20 heavy (non-hydrogen) atoms. The van der Waals surface area contributed by atoms with Gasteiger partial charge in [-0.1, -0.05) is 11.3 Å². The van der Waals surface area contributed by atoms with Crippen molar-refractivity contribution < 1.29 is 9.84 Å². The maximum Gasteiger partial charge on any atom is 0.183 e. The second kappa shape index (κ2) is 5.55. The van der Waals surface area contributed by atoms with Crippen LogP contribution in [-0.2, 0) is 4.74 Å². The first kappa shape index (κ1) is 13.6. The van der Waals surface area contributed by atoms with Crippen LogP contribution in [0.1, 0.15) is 12.8 Å². The highest BCUT2D eigenvalue weighted by molar-refractivity contribution is 7.22. The van der Waals surface area contributed by atoms with Gasteiger partial charge in [0.25, 0.3) is 0 Å². The molecule has 0 unspecified atom stereocenters. The Balaban J connectivity index is 1.72. The summed E-state index contributed by atoms with van der Waals surface area (Å²) in [5, 5.41) is 13.9. The average Bonchev–Trinajstić information content (AvgIpc) is 2.88. The van der Waals surface area contributed by atoms with E-state index in [1.807, 2.05) is 18.2 Å². The standard InChI is InChI=1S/C14H19N3O2S/c15-10-1-2-11-12(7-10)20-13(17-11)16-8-14(9-18)3-5-19-6-4-14/h1-2,7,18H,3-6,8-9,15H2,(H,16,17). The summed E-state index contributed by atoms with van der Waals surface area (Å²) < 4.78 is 6.46. The lowest BCUT2D eigenvalue weighted by atomic mass is 9.81. The van der Waals surface area contributed by atoms with Gasteiger partial charge >= 0.3 is 0 Å². The smallest absolute Gasteiger partial charge is 0.183 e. The van der Waals surface area contributed by atoms with Crippen molar-refractivity contribution in [3.63, 3.8) is 0 Å². The monoisotopic (exact) mass is 293 g/mol. The molecule has 2 aromatic rings. The molecule has 2 heterocycles. The van der Waals surface area contributed by atoms with Crippen molar-refractivity contribution in [3.05, 3.63) is 18.2 Å². The van der Waals surface area contributed by atoms with Crippen LogP contribution >= 0.6 is 11.3 Å². The van der Waals surface area contributed by atoms with E-state index in [1.165, 1.54) is 0 Å². The van der Waals surface area contributed by atoms with Gasteiger partial charge in [0.15, 0.2) is 5.13 Å². The molecule has 0 spiro atoms. The molecule has 5 nitrogen and oxygen atoms in total. The zero-order valence-electron chi connectivity index (χ0n) is 11.3. The summed E-state index contributed by atoms with van der Waals surface area (Å²) in [5.74, 6) is 0. The number of nitrogens with one attached hydrogen (secondary N) is 1. The van der Waals surface area contributed by atoms with Gasteiger partial charge in [-0.2, -0.15) is 0 Å². The van der Waals surface area contributed by atoms with Crippen LogP contribution in [0.5, 0.6) is 0 Å². The van der Waals surface area contributed by atoms with Gasteiger partial charge in [-0.15, -0.1) is 0 Å². The first-order chi connectivity index (χ1) is 9.71. The third-order valence-electron chi connectivity index (χ3n) is 3.92. The van der Waals surface area contributed by atoms with Crippen molar-refractivity contribution in [1.82, 2.24) is 4.98 Å². The molecule has 1 aliphatic heterocycles. The van der Waals surface area contributed by atoms with Gasteiger partial charge in [-0.3, -0.25) is 0 Å². The van der Waals surface area contributed by atoms with E-state index in [2.05, 4.69) is 10.3 Å². The third kappa shape index (κ3) is 2.72. The van der Waals surface area contributed by atoms with E-state index >= 15 is 0 Å². The number of aromatic nitrogens is 1. The number of ether oxygens (including phenoxy) is 1. The van der Waals surface area contributed by atoms with Crippen LogP contribution in [0.3, 0.4) is 0 Å². The molecular weight excluding hydrogens is 274 g/mol. The van der Waals surface area contributed by atoms with E-state index in [9.17, 15) is 5.11 Å². The first-order valence-corrected chi connectivity index (χ1v) is 7.61. The zero-order chi connectivity index (χ0) is 14.0. The maximum absolute atomic E-state index is 9.67. The molecule has 0 amide bonds. The molecule has 1 saturated heterocycles. The number of hydrogen-bond acceptors (Lipinski definition) is 6. The fraction of sp³-hybridized carbons (Fsp3) is 0.500. The van der Waals surface area contributed by atoms with Gasteiger partial charge in [-0.25, -0.2) is 4.98 Å². The minimum atomic E-state index is -0.0882. The number of thiazole rings is 1. The molecule has 6 heteroatoms. The number of fused-ring (bicyclic) bond motifs is 1. The lowest BCUT2D eigenvalue weighted by Gasteiger charge is -2.35. The van der Waals surface area contributed by atoms with Crippen LogP contribution in [0.2, 0.25) is 0 Å². The van der Waals surface area contributed by atoms with E-state index in [0.717, 1.165) is 53.6 Å². The Kier molecular flexibility index (Phi) is 3.78. The summed E-state index contributed by atoms with van der Waals surface area (Å²) in [6, 6.07) is 5.73. The van der Waals surface area contributed by atoms with Gasteiger partial charge in [0.05, 0.1) is 16.8 Å². The molecule has 0 saturated carbocycles. The quantitative estimate of drug-likeness (QED) is 0.752. The number of nitrogens with zero attached hydrogens (tertiary/aromatic N) is 1. The number of nitrogens with two attached hydrogens (primary N) is 1. The Hall–Kier alpha value is -1.37. The molecule has 3 rings (SSSR count). The average molecular weight is 293 g/mol. The fourth-order valence-electron chi connectivity index (χ4n) is 2.48. The Morgan fingerprint density at radius 3 is 2.95 bits per heavy atom. The third-order valence-corrected chi connectivity index (χ3v) is 4.89. The molecular formula is C14H19N3O2S. The van der Waals surface area contributed by atoms with Gasteiger partial charge in [0.1, 0.15) is 0 Å². The molecule has 4 N–H and O–H groups in total. The van der Waals surface area contributed by atoms with Crippen LogP contribution in [0, 0.1) is 5.41 Å². The van der Waals surface area contributed by atoms with Gasteiger partial charge in [0, 0.05) is 30.9 Å². The number of aliphatic hydroxyl groups is 1. The topological polar surface area (TPSA) is 80.4 Å². The Labute approximate surface area is 121 Å². The summed E-state index contributed by atoms with van der Waals surface area (Å²) >= 11 is 1.59. The zero-order valence-corrected chi connectivity index (χ0v) is 12.1. The highest BCUT2D eigenvalue weighted by Gasteiger charge is 2.32. The molecule has 1 aromatic heterocycles. The first-order valence-electron chi connectivity index (χ1n) is 6.79. The Bertz CT molecular complexity index is 593. The molecule has 1 fully saturated rings. The number of nitrogen functional groups attached to an aromatic ring is 1. The highest BCUT2D eigenvalue weighted by Crippen LogP contribution is 2.32. The Morgan fingerprint density at radius 2 is 2.20 bits per heavy atom. The van der Waals surface area contributed by atoms with Crippen molar-refractivity contribution in [2.75, 3.05) is 37.4 Å². The summed E-state index contributed by atoms with van der Waals surface area (Å²) in [6.45, 7) is 2.35. The number of benzene rings is 1. The summed E-state index contributed by atoms with van der Waals surface area (Å²) in [5.41, 5.74) is 7.40. The van der Waals surface area contributed by atoms with Crippen molar-refractivity contribution >= 4 is 32.4 Å².